The molecule has 0 bridgehead atoms. The van der Waals surface area contributed by atoms with E-state index in [1.165, 1.54) is 0 Å². The largest absolute Gasteiger partial charge is 0.491 e. The topological polar surface area (TPSA) is 51.2 Å². The Hall–Kier alpha value is -1.30. The predicted molar refractivity (Wildman–Crippen MR) is 74.2 cm³/mol. The fourth-order valence-electron chi connectivity index (χ4n) is 2.62. The van der Waals surface area contributed by atoms with Crippen molar-refractivity contribution in [1.82, 2.24) is 4.90 Å². The SMILES string of the molecule is CCN1CCOC(COc2ccc3c(c2)OCC3O)C1. The highest BCUT2D eigenvalue weighted by Crippen LogP contribution is 2.35. The Bertz CT molecular complexity index is 465. The van der Waals surface area contributed by atoms with E-state index in [0.29, 0.717) is 13.2 Å². The monoisotopic (exact) mass is 279 g/mol. The number of rotatable bonds is 4. The van der Waals surface area contributed by atoms with E-state index in [1.807, 2.05) is 18.2 Å². The zero-order chi connectivity index (χ0) is 13.9. The lowest BCUT2D eigenvalue weighted by Gasteiger charge is -2.31. The van der Waals surface area contributed by atoms with E-state index in [1.54, 1.807) is 0 Å². The zero-order valence-electron chi connectivity index (χ0n) is 11.7. The summed E-state index contributed by atoms with van der Waals surface area (Å²) in [5.74, 6) is 1.48. The number of ether oxygens (including phenoxy) is 3. The summed E-state index contributed by atoms with van der Waals surface area (Å²) in [6.07, 6.45) is -0.401. The van der Waals surface area contributed by atoms with Gasteiger partial charge in [0.05, 0.1) is 6.61 Å². The Morgan fingerprint density at radius 1 is 1.45 bits per heavy atom. The number of nitrogens with zero attached hydrogens (tertiary/aromatic N) is 1. The second-order valence-electron chi connectivity index (χ2n) is 5.22. The van der Waals surface area contributed by atoms with E-state index >= 15 is 0 Å². The Balaban J connectivity index is 1.56. The maximum absolute atomic E-state index is 9.67. The average Bonchev–Trinajstić information content (AvgIpc) is 2.86. The molecule has 2 unspecified atom stereocenters. The van der Waals surface area contributed by atoms with Gasteiger partial charge in [-0.2, -0.15) is 0 Å². The number of benzene rings is 1. The standard InChI is InChI=1S/C15H21NO4/c1-2-16-5-6-18-12(8-16)9-19-11-3-4-13-14(17)10-20-15(13)7-11/h3-4,7,12,14,17H,2,5-6,8-10H2,1H3. The van der Waals surface area contributed by atoms with Crippen LogP contribution in [0.1, 0.15) is 18.6 Å². The van der Waals surface area contributed by atoms with Crippen molar-refractivity contribution in [2.24, 2.45) is 0 Å². The molecule has 1 aromatic rings. The molecule has 2 aliphatic heterocycles. The molecule has 1 aromatic carbocycles. The number of hydrogen-bond acceptors (Lipinski definition) is 5. The number of hydrogen-bond donors (Lipinski definition) is 1. The lowest BCUT2D eigenvalue weighted by molar-refractivity contribution is -0.0464. The molecule has 110 valence electrons. The van der Waals surface area contributed by atoms with Crippen LogP contribution in [0, 0.1) is 0 Å². The van der Waals surface area contributed by atoms with E-state index in [2.05, 4.69) is 11.8 Å². The number of aliphatic hydroxyl groups excluding tert-OH is 1. The second kappa shape index (κ2) is 5.99. The minimum absolute atomic E-state index is 0.114. The molecule has 0 aliphatic carbocycles. The summed E-state index contributed by atoms with van der Waals surface area (Å²) >= 11 is 0. The van der Waals surface area contributed by atoms with Crippen LogP contribution in [0.4, 0.5) is 0 Å². The van der Waals surface area contributed by atoms with Gasteiger partial charge in [0, 0.05) is 24.7 Å². The van der Waals surface area contributed by atoms with Gasteiger partial charge in [0.25, 0.3) is 0 Å². The Labute approximate surface area is 119 Å². The quantitative estimate of drug-likeness (QED) is 0.898. The maximum atomic E-state index is 9.67. The van der Waals surface area contributed by atoms with Gasteiger partial charge in [-0.25, -0.2) is 0 Å². The summed E-state index contributed by atoms with van der Waals surface area (Å²) in [4.78, 5) is 2.36. The summed E-state index contributed by atoms with van der Waals surface area (Å²) in [6.45, 7) is 6.75. The first kappa shape index (κ1) is 13.7. The highest BCUT2D eigenvalue weighted by Gasteiger charge is 2.23. The first-order valence-electron chi connectivity index (χ1n) is 7.18. The number of likely N-dealkylation sites (N-methyl/N-ethyl adjacent to an activating group) is 1. The molecule has 0 spiro atoms. The summed E-state index contributed by atoms with van der Waals surface area (Å²) in [6, 6.07) is 5.57. The van der Waals surface area contributed by atoms with Gasteiger partial charge in [-0.05, 0) is 18.7 Å². The third kappa shape index (κ3) is 2.90. The van der Waals surface area contributed by atoms with E-state index in [9.17, 15) is 5.11 Å². The van der Waals surface area contributed by atoms with Crippen LogP contribution in [0.15, 0.2) is 18.2 Å². The van der Waals surface area contributed by atoms with Crippen LogP contribution in [0.25, 0.3) is 0 Å². The molecular formula is C15H21NO4. The molecule has 2 aliphatic rings. The van der Waals surface area contributed by atoms with Crippen molar-refractivity contribution in [3.05, 3.63) is 23.8 Å². The highest BCUT2D eigenvalue weighted by molar-refractivity contribution is 5.44. The molecule has 1 fully saturated rings. The molecule has 3 rings (SSSR count). The number of aliphatic hydroxyl groups is 1. The summed E-state index contributed by atoms with van der Waals surface area (Å²) < 4.78 is 16.9. The first-order valence-corrected chi connectivity index (χ1v) is 7.18. The van der Waals surface area contributed by atoms with Crippen LogP contribution in [-0.2, 0) is 4.74 Å². The molecule has 0 amide bonds. The number of fused-ring (bicyclic) bond motifs is 1. The summed E-state index contributed by atoms with van der Waals surface area (Å²) in [5, 5.41) is 9.67. The molecule has 2 atom stereocenters. The first-order chi connectivity index (χ1) is 9.76. The Morgan fingerprint density at radius 2 is 2.35 bits per heavy atom. The normalized spacial score (nSPS) is 26.1. The molecule has 20 heavy (non-hydrogen) atoms. The van der Waals surface area contributed by atoms with Crippen molar-refractivity contribution in [2.75, 3.05) is 39.5 Å². The van der Waals surface area contributed by atoms with Crippen LogP contribution < -0.4 is 9.47 Å². The van der Waals surface area contributed by atoms with Crippen molar-refractivity contribution in [1.29, 1.82) is 0 Å². The summed E-state index contributed by atoms with van der Waals surface area (Å²) in [7, 11) is 0. The van der Waals surface area contributed by atoms with Crippen molar-refractivity contribution in [3.63, 3.8) is 0 Å². The molecule has 0 aromatic heterocycles. The molecule has 1 N–H and O–H groups in total. The van der Waals surface area contributed by atoms with Crippen molar-refractivity contribution < 1.29 is 19.3 Å². The van der Waals surface area contributed by atoms with Crippen LogP contribution in [0.2, 0.25) is 0 Å². The molecule has 5 nitrogen and oxygen atoms in total. The van der Waals surface area contributed by atoms with Gasteiger partial charge in [0.1, 0.15) is 36.9 Å². The molecular weight excluding hydrogens is 258 g/mol. The van der Waals surface area contributed by atoms with Gasteiger partial charge < -0.3 is 19.3 Å². The highest BCUT2D eigenvalue weighted by atomic mass is 16.5. The van der Waals surface area contributed by atoms with Gasteiger partial charge in [0.2, 0.25) is 0 Å². The van der Waals surface area contributed by atoms with Crippen LogP contribution in [0.5, 0.6) is 11.5 Å². The molecule has 2 heterocycles. The third-order valence-corrected chi connectivity index (χ3v) is 3.85. The smallest absolute Gasteiger partial charge is 0.129 e. The van der Waals surface area contributed by atoms with Gasteiger partial charge >= 0.3 is 0 Å². The lowest BCUT2D eigenvalue weighted by atomic mass is 10.1. The van der Waals surface area contributed by atoms with Crippen LogP contribution in [0.3, 0.4) is 0 Å². The van der Waals surface area contributed by atoms with Gasteiger partial charge in [-0.15, -0.1) is 0 Å². The van der Waals surface area contributed by atoms with Crippen molar-refractivity contribution in [2.45, 2.75) is 19.1 Å². The Kier molecular flexibility index (Phi) is 4.10. The summed E-state index contributed by atoms with van der Waals surface area (Å²) in [5.41, 5.74) is 0.837. The lowest BCUT2D eigenvalue weighted by Crippen LogP contribution is -2.44. The zero-order valence-corrected chi connectivity index (χ0v) is 11.7. The fourth-order valence-corrected chi connectivity index (χ4v) is 2.62. The van der Waals surface area contributed by atoms with Crippen molar-refractivity contribution >= 4 is 0 Å². The van der Waals surface area contributed by atoms with E-state index in [-0.39, 0.29) is 6.10 Å². The molecule has 5 heteroatoms. The maximum Gasteiger partial charge on any atom is 0.129 e. The second-order valence-corrected chi connectivity index (χ2v) is 5.22. The molecule has 0 saturated carbocycles. The van der Waals surface area contributed by atoms with Crippen LogP contribution >= 0.6 is 0 Å². The average molecular weight is 279 g/mol. The van der Waals surface area contributed by atoms with Crippen molar-refractivity contribution in [3.8, 4) is 11.5 Å². The van der Waals surface area contributed by atoms with E-state index < -0.39 is 6.10 Å². The predicted octanol–water partition coefficient (Wildman–Crippen LogP) is 1.21. The van der Waals surface area contributed by atoms with Crippen LogP contribution in [-0.4, -0.2) is 55.6 Å². The van der Waals surface area contributed by atoms with Gasteiger partial charge in [-0.3, -0.25) is 4.90 Å². The number of morpholine rings is 1. The fraction of sp³-hybridized carbons (Fsp3) is 0.600. The molecule has 0 radical (unpaired) electrons. The minimum atomic E-state index is -0.515. The van der Waals surface area contributed by atoms with Gasteiger partial charge in [-0.1, -0.05) is 6.92 Å². The molecule has 1 saturated heterocycles. The van der Waals surface area contributed by atoms with Gasteiger partial charge in [0.15, 0.2) is 0 Å². The Morgan fingerprint density at radius 3 is 3.20 bits per heavy atom. The van der Waals surface area contributed by atoms with E-state index in [4.69, 9.17) is 14.2 Å². The van der Waals surface area contributed by atoms with E-state index in [0.717, 1.165) is 43.3 Å². The minimum Gasteiger partial charge on any atom is -0.491 e. The third-order valence-electron chi connectivity index (χ3n) is 3.85.